The molecule has 0 bridgehead atoms. The van der Waals surface area contributed by atoms with Crippen LogP contribution >= 0.6 is 33.9 Å². The molecule has 2 heterocycles. The number of allylic oxidation sites excluding steroid dienone is 1. The Balaban J connectivity index is 1.52. The van der Waals surface area contributed by atoms with Gasteiger partial charge in [0.05, 0.1) is 32.0 Å². The number of rotatable bonds is 7. The zero-order valence-electron chi connectivity index (χ0n) is 22.1. The molecule has 1 aliphatic rings. The third kappa shape index (κ3) is 5.80. The molecule has 0 fully saturated rings. The maximum atomic E-state index is 13.8. The van der Waals surface area contributed by atoms with Gasteiger partial charge in [0.25, 0.3) is 5.56 Å². The van der Waals surface area contributed by atoms with Crippen molar-refractivity contribution in [1.82, 2.24) is 4.57 Å². The highest BCUT2D eigenvalue weighted by molar-refractivity contribution is 14.1. The first-order chi connectivity index (χ1) is 19.2. The molecule has 3 aromatic carbocycles. The lowest BCUT2D eigenvalue weighted by atomic mass is 9.95. The molecule has 5 rings (SSSR count). The summed E-state index contributed by atoms with van der Waals surface area (Å²) in [7, 11) is 0. The number of ether oxygens (including phenoxy) is 2. The van der Waals surface area contributed by atoms with E-state index < -0.39 is 12.0 Å². The predicted molar refractivity (Wildman–Crippen MR) is 161 cm³/mol. The molecule has 6 nitrogen and oxygen atoms in total. The topological polar surface area (TPSA) is 69.9 Å². The molecule has 1 aromatic heterocycles. The SMILES string of the molecule is CCOC(=O)C1=C(C)N=c2s/c(=C/c3ccc(OCc4cccc(F)c4)c(I)c3)c(=O)n2[C@@H]1c1ccc(C)cc1. The van der Waals surface area contributed by atoms with Crippen molar-refractivity contribution in [2.75, 3.05) is 6.61 Å². The number of carbonyl (C=O) groups excluding carboxylic acids is 1. The maximum absolute atomic E-state index is 13.8. The van der Waals surface area contributed by atoms with Gasteiger partial charge in [-0.1, -0.05) is 59.4 Å². The zero-order chi connectivity index (χ0) is 28.4. The van der Waals surface area contributed by atoms with Gasteiger partial charge in [-0.3, -0.25) is 9.36 Å². The fourth-order valence-corrected chi connectivity index (χ4v) is 6.26. The minimum absolute atomic E-state index is 0.223. The standard InChI is InChI=1S/C31H26FIN2O4S/c1-4-38-30(37)27-19(3)34-31-35(28(27)22-11-8-18(2)9-12-22)29(36)26(40-31)16-20-10-13-25(24(33)15-20)39-17-21-6-5-7-23(32)14-21/h5-16,28H,4,17H2,1-3H3/b26-16+/t28-/m1/s1. The molecule has 204 valence electrons. The minimum atomic E-state index is -0.642. The highest BCUT2D eigenvalue weighted by Gasteiger charge is 2.33. The lowest BCUT2D eigenvalue weighted by Gasteiger charge is -2.24. The van der Waals surface area contributed by atoms with Crippen molar-refractivity contribution in [3.63, 3.8) is 0 Å². The van der Waals surface area contributed by atoms with Crippen LogP contribution in [0.2, 0.25) is 0 Å². The van der Waals surface area contributed by atoms with Gasteiger partial charge in [-0.05, 0) is 90.4 Å². The van der Waals surface area contributed by atoms with E-state index in [2.05, 4.69) is 27.6 Å². The summed E-state index contributed by atoms with van der Waals surface area (Å²) in [5.41, 5.74) is 4.11. The number of aryl methyl sites for hydroxylation is 1. The Hall–Kier alpha value is -3.57. The van der Waals surface area contributed by atoms with Gasteiger partial charge < -0.3 is 9.47 Å². The van der Waals surface area contributed by atoms with Gasteiger partial charge in [-0.15, -0.1) is 0 Å². The van der Waals surface area contributed by atoms with E-state index in [0.717, 1.165) is 25.8 Å². The van der Waals surface area contributed by atoms with Crippen LogP contribution in [0.4, 0.5) is 4.39 Å². The number of esters is 1. The Morgan fingerprint density at radius 2 is 1.90 bits per heavy atom. The first-order valence-electron chi connectivity index (χ1n) is 12.7. The van der Waals surface area contributed by atoms with Crippen molar-refractivity contribution in [2.45, 2.75) is 33.4 Å². The number of carbonyl (C=O) groups is 1. The third-order valence-electron chi connectivity index (χ3n) is 6.45. The van der Waals surface area contributed by atoms with E-state index in [1.54, 1.807) is 24.5 Å². The second-order valence-electron chi connectivity index (χ2n) is 9.32. The Kier molecular flexibility index (Phi) is 8.32. The quantitative estimate of drug-likeness (QED) is 0.195. The summed E-state index contributed by atoms with van der Waals surface area (Å²) in [5.74, 6) is -0.119. The second-order valence-corrected chi connectivity index (χ2v) is 11.5. The van der Waals surface area contributed by atoms with Gasteiger partial charge in [0.1, 0.15) is 18.2 Å². The monoisotopic (exact) mass is 668 g/mol. The molecule has 40 heavy (non-hydrogen) atoms. The molecule has 4 aromatic rings. The van der Waals surface area contributed by atoms with E-state index >= 15 is 0 Å². The molecular weight excluding hydrogens is 642 g/mol. The smallest absolute Gasteiger partial charge is 0.338 e. The maximum Gasteiger partial charge on any atom is 0.338 e. The molecule has 0 radical (unpaired) electrons. The second kappa shape index (κ2) is 11.9. The van der Waals surface area contributed by atoms with E-state index in [1.165, 1.54) is 23.5 Å². The normalized spacial score (nSPS) is 15.0. The lowest BCUT2D eigenvalue weighted by molar-refractivity contribution is -0.139. The summed E-state index contributed by atoms with van der Waals surface area (Å²) in [6.07, 6.45) is 1.82. The van der Waals surface area contributed by atoms with Crippen LogP contribution in [-0.2, 0) is 16.1 Å². The van der Waals surface area contributed by atoms with E-state index in [-0.39, 0.29) is 24.6 Å². The van der Waals surface area contributed by atoms with Gasteiger partial charge >= 0.3 is 5.97 Å². The fraction of sp³-hybridized carbons (Fsp3) is 0.194. The van der Waals surface area contributed by atoms with Crippen LogP contribution in [0.5, 0.6) is 5.75 Å². The van der Waals surface area contributed by atoms with Crippen LogP contribution < -0.4 is 19.6 Å². The molecule has 1 atom stereocenters. The van der Waals surface area contributed by atoms with E-state index in [4.69, 9.17) is 9.47 Å². The first-order valence-corrected chi connectivity index (χ1v) is 14.6. The number of hydrogen-bond acceptors (Lipinski definition) is 6. The van der Waals surface area contributed by atoms with Gasteiger partial charge in [0, 0.05) is 0 Å². The molecule has 0 N–H and O–H groups in total. The molecule has 0 unspecified atom stereocenters. The summed E-state index contributed by atoms with van der Waals surface area (Å²) < 4.78 is 27.7. The third-order valence-corrected chi connectivity index (χ3v) is 8.27. The Labute approximate surface area is 248 Å². The van der Waals surface area contributed by atoms with Crippen molar-refractivity contribution >= 4 is 46.0 Å². The van der Waals surface area contributed by atoms with Crippen LogP contribution in [0.25, 0.3) is 6.08 Å². The average Bonchev–Trinajstić information content (AvgIpc) is 3.22. The molecule has 0 saturated heterocycles. The highest BCUT2D eigenvalue weighted by Crippen LogP contribution is 2.31. The van der Waals surface area contributed by atoms with Crippen molar-refractivity contribution in [2.24, 2.45) is 4.99 Å². The Morgan fingerprint density at radius 3 is 2.60 bits per heavy atom. The Morgan fingerprint density at radius 1 is 1.12 bits per heavy atom. The van der Waals surface area contributed by atoms with Crippen molar-refractivity contribution in [3.8, 4) is 5.75 Å². The summed E-state index contributed by atoms with van der Waals surface area (Å²) in [4.78, 5) is 32.0. The molecule has 0 saturated carbocycles. The summed E-state index contributed by atoms with van der Waals surface area (Å²) in [6.45, 7) is 5.98. The zero-order valence-corrected chi connectivity index (χ0v) is 25.1. The minimum Gasteiger partial charge on any atom is -0.488 e. The molecule has 9 heteroatoms. The first kappa shape index (κ1) is 28.0. The van der Waals surface area contributed by atoms with Crippen LogP contribution in [-0.4, -0.2) is 17.1 Å². The molecular formula is C31H26FIN2O4S. The largest absolute Gasteiger partial charge is 0.488 e. The van der Waals surface area contributed by atoms with Crippen LogP contribution in [0, 0.1) is 16.3 Å². The van der Waals surface area contributed by atoms with E-state index in [1.807, 2.05) is 61.5 Å². The van der Waals surface area contributed by atoms with Crippen LogP contribution in [0.1, 0.15) is 42.1 Å². The van der Waals surface area contributed by atoms with Gasteiger partial charge in [-0.2, -0.15) is 0 Å². The van der Waals surface area contributed by atoms with E-state index in [0.29, 0.717) is 26.4 Å². The Bertz CT molecular complexity index is 1810. The van der Waals surface area contributed by atoms with Crippen molar-refractivity contribution in [1.29, 1.82) is 0 Å². The van der Waals surface area contributed by atoms with Gasteiger partial charge in [0.2, 0.25) is 0 Å². The molecule has 1 aliphatic heterocycles. The van der Waals surface area contributed by atoms with Crippen LogP contribution in [0.15, 0.2) is 87.8 Å². The van der Waals surface area contributed by atoms with Gasteiger partial charge in [-0.25, -0.2) is 14.2 Å². The van der Waals surface area contributed by atoms with Crippen LogP contribution in [0.3, 0.4) is 0 Å². The predicted octanol–water partition coefficient (Wildman–Crippen LogP) is 5.43. The van der Waals surface area contributed by atoms with E-state index in [9.17, 15) is 14.0 Å². The number of hydrogen-bond donors (Lipinski definition) is 0. The highest BCUT2D eigenvalue weighted by atomic mass is 127. The summed E-state index contributed by atoms with van der Waals surface area (Å²) >= 11 is 3.46. The molecule has 0 spiro atoms. The number of thiazole rings is 1. The number of fused-ring (bicyclic) bond motifs is 1. The number of benzene rings is 3. The van der Waals surface area contributed by atoms with Crippen molar-refractivity contribution in [3.05, 3.63) is 129 Å². The summed E-state index contributed by atoms with van der Waals surface area (Å²) in [6, 6.07) is 19.1. The lowest BCUT2D eigenvalue weighted by Crippen LogP contribution is -2.39. The number of nitrogens with zero attached hydrogens (tertiary/aromatic N) is 2. The average molecular weight is 669 g/mol. The fourth-order valence-electron chi connectivity index (χ4n) is 4.52. The molecule has 0 aliphatic carbocycles. The summed E-state index contributed by atoms with van der Waals surface area (Å²) in [5, 5.41) is 0. The van der Waals surface area contributed by atoms with Gasteiger partial charge in [0.15, 0.2) is 4.80 Å². The number of aromatic nitrogens is 1. The number of halogens is 2. The molecule has 0 amide bonds. The van der Waals surface area contributed by atoms with Crippen molar-refractivity contribution < 1.29 is 18.7 Å².